The van der Waals surface area contributed by atoms with Crippen LogP contribution in [0.1, 0.15) is 24.8 Å². The number of benzene rings is 1. The van der Waals surface area contributed by atoms with Crippen LogP contribution in [0.4, 0.5) is 0 Å². The summed E-state index contributed by atoms with van der Waals surface area (Å²) in [4.78, 5) is 15.0. The van der Waals surface area contributed by atoms with Crippen LogP contribution in [0, 0.1) is 5.92 Å². The quantitative estimate of drug-likeness (QED) is 0.838. The number of nitrogens with zero attached hydrogens (tertiary/aromatic N) is 1. The standard InChI is InChI=1S/C17H24N2O2/c1-18-17(16(20)21-2,14-6-4-3-5-7-14)12-19-11-13-8-9-15(19)10-13/h3-7,13,15,18H,8-12H2,1-2H3. The molecule has 1 N–H and O–H groups in total. The molecule has 4 heteroatoms. The third-order valence-corrected chi connectivity index (χ3v) is 5.19. The Bertz CT molecular complexity index is 505. The minimum Gasteiger partial charge on any atom is -0.467 e. The van der Waals surface area contributed by atoms with Crippen molar-refractivity contribution in [3.8, 4) is 0 Å². The number of methoxy groups -OCH3 is 1. The summed E-state index contributed by atoms with van der Waals surface area (Å²) in [5, 5.41) is 3.25. The molecule has 2 bridgehead atoms. The summed E-state index contributed by atoms with van der Waals surface area (Å²) in [5.74, 6) is 0.608. The fourth-order valence-corrected chi connectivity index (χ4v) is 4.02. The van der Waals surface area contributed by atoms with E-state index in [0.717, 1.165) is 18.0 Å². The van der Waals surface area contributed by atoms with Crippen molar-refractivity contribution in [3.05, 3.63) is 35.9 Å². The Morgan fingerprint density at radius 3 is 2.67 bits per heavy atom. The molecule has 114 valence electrons. The van der Waals surface area contributed by atoms with Gasteiger partial charge in [0.05, 0.1) is 7.11 Å². The minimum atomic E-state index is -0.777. The maximum Gasteiger partial charge on any atom is 0.332 e. The molecule has 3 unspecified atom stereocenters. The van der Waals surface area contributed by atoms with Crippen molar-refractivity contribution < 1.29 is 9.53 Å². The molecular weight excluding hydrogens is 264 g/mol. The van der Waals surface area contributed by atoms with Crippen LogP contribution < -0.4 is 5.32 Å². The van der Waals surface area contributed by atoms with E-state index in [1.807, 2.05) is 37.4 Å². The first-order valence-electron chi connectivity index (χ1n) is 7.76. The highest BCUT2D eigenvalue weighted by Crippen LogP contribution is 2.39. The molecule has 21 heavy (non-hydrogen) atoms. The van der Waals surface area contributed by atoms with Gasteiger partial charge in [0.15, 0.2) is 5.54 Å². The molecule has 0 radical (unpaired) electrons. The van der Waals surface area contributed by atoms with Crippen LogP contribution in [-0.4, -0.2) is 44.2 Å². The molecule has 2 aliphatic rings. The van der Waals surface area contributed by atoms with Gasteiger partial charge in [-0.2, -0.15) is 0 Å². The number of carbonyl (C=O) groups excluding carboxylic acids is 1. The molecule has 1 saturated carbocycles. The number of piperidine rings is 1. The number of ether oxygens (including phenoxy) is 1. The van der Waals surface area contributed by atoms with Gasteiger partial charge in [-0.05, 0) is 37.8 Å². The predicted molar refractivity (Wildman–Crippen MR) is 81.9 cm³/mol. The van der Waals surface area contributed by atoms with Crippen LogP contribution in [-0.2, 0) is 15.1 Å². The number of likely N-dealkylation sites (tertiary alicyclic amines) is 1. The topological polar surface area (TPSA) is 41.6 Å². The Kier molecular flexibility index (Phi) is 4.00. The monoisotopic (exact) mass is 288 g/mol. The molecule has 0 aromatic heterocycles. The zero-order valence-electron chi connectivity index (χ0n) is 12.8. The average Bonchev–Trinajstić information content (AvgIpc) is 3.15. The van der Waals surface area contributed by atoms with Gasteiger partial charge < -0.3 is 10.1 Å². The number of likely N-dealkylation sites (N-methyl/N-ethyl adjacent to an activating group) is 1. The zero-order chi connectivity index (χ0) is 14.9. The van der Waals surface area contributed by atoms with Gasteiger partial charge in [0, 0.05) is 19.1 Å². The second kappa shape index (κ2) is 5.78. The van der Waals surface area contributed by atoms with Crippen molar-refractivity contribution in [1.82, 2.24) is 10.2 Å². The summed E-state index contributed by atoms with van der Waals surface area (Å²) < 4.78 is 5.12. The first kappa shape index (κ1) is 14.5. The summed E-state index contributed by atoms with van der Waals surface area (Å²) in [6.45, 7) is 1.79. The highest BCUT2D eigenvalue weighted by atomic mass is 16.5. The summed E-state index contributed by atoms with van der Waals surface area (Å²) in [5.41, 5.74) is 0.197. The second-order valence-electron chi connectivity index (χ2n) is 6.28. The summed E-state index contributed by atoms with van der Waals surface area (Å²) in [7, 11) is 3.31. The van der Waals surface area contributed by atoms with Crippen LogP contribution in [0.3, 0.4) is 0 Å². The molecular formula is C17H24N2O2. The molecule has 2 fully saturated rings. The molecule has 3 atom stereocenters. The van der Waals surface area contributed by atoms with Crippen LogP contribution in [0.25, 0.3) is 0 Å². The number of esters is 1. The lowest BCUT2D eigenvalue weighted by atomic mass is 9.88. The highest BCUT2D eigenvalue weighted by molar-refractivity contribution is 5.83. The lowest BCUT2D eigenvalue weighted by molar-refractivity contribution is -0.150. The molecule has 1 heterocycles. The van der Waals surface area contributed by atoms with Gasteiger partial charge in [0.25, 0.3) is 0 Å². The Hall–Kier alpha value is -1.39. The number of fused-ring (bicyclic) bond motifs is 2. The highest BCUT2D eigenvalue weighted by Gasteiger charge is 2.46. The Morgan fingerprint density at radius 2 is 2.14 bits per heavy atom. The molecule has 1 aromatic rings. The van der Waals surface area contributed by atoms with E-state index in [1.54, 1.807) is 0 Å². The van der Waals surface area contributed by atoms with Crippen LogP contribution >= 0.6 is 0 Å². The first-order chi connectivity index (χ1) is 10.2. The molecule has 1 aliphatic heterocycles. The van der Waals surface area contributed by atoms with E-state index in [2.05, 4.69) is 10.2 Å². The number of hydrogen-bond donors (Lipinski definition) is 1. The first-order valence-corrected chi connectivity index (χ1v) is 7.76. The van der Waals surface area contributed by atoms with Crippen molar-refractivity contribution >= 4 is 5.97 Å². The van der Waals surface area contributed by atoms with Crippen molar-refractivity contribution in [2.45, 2.75) is 30.8 Å². The molecule has 4 nitrogen and oxygen atoms in total. The molecule has 0 amide bonds. The van der Waals surface area contributed by atoms with Gasteiger partial charge in [0.1, 0.15) is 0 Å². The fourth-order valence-electron chi connectivity index (χ4n) is 4.02. The normalized spacial score (nSPS) is 27.5. The van der Waals surface area contributed by atoms with E-state index in [0.29, 0.717) is 12.6 Å². The van der Waals surface area contributed by atoms with Gasteiger partial charge in [-0.25, -0.2) is 4.79 Å². The summed E-state index contributed by atoms with van der Waals surface area (Å²) in [6, 6.07) is 10.6. The summed E-state index contributed by atoms with van der Waals surface area (Å²) >= 11 is 0. The van der Waals surface area contributed by atoms with Crippen LogP contribution in [0.5, 0.6) is 0 Å². The molecule has 0 spiro atoms. The number of carbonyl (C=O) groups is 1. The third kappa shape index (κ3) is 2.47. The van der Waals surface area contributed by atoms with Crippen molar-refractivity contribution in [3.63, 3.8) is 0 Å². The lowest BCUT2D eigenvalue weighted by Gasteiger charge is -2.38. The van der Waals surface area contributed by atoms with Crippen molar-refractivity contribution in [2.24, 2.45) is 5.92 Å². The number of nitrogens with one attached hydrogen (secondary N) is 1. The zero-order valence-corrected chi connectivity index (χ0v) is 12.8. The van der Waals surface area contributed by atoms with E-state index in [4.69, 9.17) is 4.74 Å². The Balaban J connectivity index is 1.90. The second-order valence-corrected chi connectivity index (χ2v) is 6.28. The fraction of sp³-hybridized carbons (Fsp3) is 0.588. The third-order valence-electron chi connectivity index (χ3n) is 5.19. The molecule has 1 saturated heterocycles. The van der Waals surface area contributed by atoms with Crippen LogP contribution in [0.2, 0.25) is 0 Å². The largest absolute Gasteiger partial charge is 0.467 e. The van der Waals surface area contributed by atoms with E-state index < -0.39 is 5.54 Å². The maximum absolute atomic E-state index is 12.5. The van der Waals surface area contributed by atoms with Gasteiger partial charge in [-0.15, -0.1) is 0 Å². The Labute approximate surface area is 126 Å². The van der Waals surface area contributed by atoms with E-state index >= 15 is 0 Å². The molecule has 1 aromatic carbocycles. The minimum absolute atomic E-state index is 0.209. The SMILES string of the molecule is CNC(CN1CC2CCC1C2)(C(=O)OC)c1ccccc1. The van der Waals surface area contributed by atoms with Gasteiger partial charge in [0.2, 0.25) is 0 Å². The molecule has 3 rings (SSSR count). The smallest absolute Gasteiger partial charge is 0.332 e. The van der Waals surface area contributed by atoms with Crippen LogP contribution in [0.15, 0.2) is 30.3 Å². The van der Waals surface area contributed by atoms with Gasteiger partial charge in [-0.1, -0.05) is 30.3 Å². The van der Waals surface area contributed by atoms with Gasteiger partial charge in [-0.3, -0.25) is 4.90 Å². The Morgan fingerprint density at radius 1 is 1.38 bits per heavy atom. The van der Waals surface area contributed by atoms with E-state index in [-0.39, 0.29) is 5.97 Å². The molecule has 1 aliphatic carbocycles. The summed E-state index contributed by atoms with van der Waals surface area (Å²) in [6.07, 6.45) is 3.90. The van der Waals surface area contributed by atoms with Gasteiger partial charge >= 0.3 is 5.97 Å². The lowest BCUT2D eigenvalue weighted by Crippen LogP contribution is -2.56. The van der Waals surface area contributed by atoms with Crippen molar-refractivity contribution in [1.29, 1.82) is 0 Å². The average molecular weight is 288 g/mol. The number of rotatable bonds is 5. The maximum atomic E-state index is 12.5. The van der Waals surface area contributed by atoms with E-state index in [1.165, 1.54) is 26.4 Å². The van der Waals surface area contributed by atoms with Crippen molar-refractivity contribution in [2.75, 3.05) is 27.2 Å². The van der Waals surface area contributed by atoms with E-state index in [9.17, 15) is 4.79 Å². The predicted octanol–water partition coefficient (Wildman–Crippen LogP) is 1.76. The number of hydrogen-bond acceptors (Lipinski definition) is 4.